The number of aliphatic hydroxyl groups is 1. The molecule has 4 nitrogen and oxygen atoms in total. The standard InChI is InChI=1S/C16H19NO3S/c1-16(20,14-7-4-10-21-14)11-17-15(19)9-8-12-5-2-3-6-13(12)18/h2-7,10,18,20H,8-9,11H2,1H3,(H,17,19). The monoisotopic (exact) mass is 305 g/mol. The molecule has 1 amide bonds. The Kier molecular flexibility index (Phi) is 4.98. The minimum Gasteiger partial charge on any atom is -0.508 e. The third-order valence-corrected chi connectivity index (χ3v) is 4.42. The second kappa shape index (κ2) is 6.74. The zero-order valence-corrected chi connectivity index (χ0v) is 12.7. The van der Waals surface area contributed by atoms with Gasteiger partial charge >= 0.3 is 0 Å². The first kappa shape index (κ1) is 15.5. The maximum Gasteiger partial charge on any atom is 0.220 e. The molecule has 21 heavy (non-hydrogen) atoms. The molecule has 0 aliphatic heterocycles. The van der Waals surface area contributed by atoms with Crippen molar-refractivity contribution < 1.29 is 15.0 Å². The van der Waals surface area contributed by atoms with E-state index in [-0.39, 0.29) is 24.6 Å². The first-order chi connectivity index (χ1) is 9.99. The van der Waals surface area contributed by atoms with E-state index in [1.165, 1.54) is 11.3 Å². The fraction of sp³-hybridized carbons (Fsp3) is 0.312. The Balaban J connectivity index is 1.82. The lowest BCUT2D eigenvalue weighted by molar-refractivity contribution is -0.122. The van der Waals surface area contributed by atoms with Crippen molar-refractivity contribution in [1.29, 1.82) is 0 Å². The molecular formula is C16H19NO3S. The summed E-state index contributed by atoms with van der Waals surface area (Å²) in [5.74, 6) is 0.0611. The predicted molar refractivity (Wildman–Crippen MR) is 83.3 cm³/mol. The van der Waals surface area contributed by atoms with Crippen molar-refractivity contribution in [2.75, 3.05) is 6.54 Å². The van der Waals surface area contributed by atoms with E-state index in [9.17, 15) is 15.0 Å². The molecule has 0 spiro atoms. The van der Waals surface area contributed by atoms with Crippen LogP contribution in [-0.4, -0.2) is 22.7 Å². The lowest BCUT2D eigenvalue weighted by Gasteiger charge is -2.22. The topological polar surface area (TPSA) is 69.6 Å². The van der Waals surface area contributed by atoms with Crippen LogP contribution in [0.25, 0.3) is 0 Å². The number of benzene rings is 1. The van der Waals surface area contributed by atoms with Crippen LogP contribution in [0.3, 0.4) is 0 Å². The quantitative estimate of drug-likeness (QED) is 0.767. The summed E-state index contributed by atoms with van der Waals surface area (Å²) in [4.78, 5) is 12.7. The van der Waals surface area contributed by atoms with E-state index in [1.807, 2.05) is 23.6 Å². The smallest absolute Gasteiger partial charge is 0.220 e. The number of carbonyl (C=O) groups is 1. The van der Waals surface area contributed by atoms with E-state index in [0.29, 0.717) is 6.42 Å². The van der Waals surface area contributed by atoms with Gasteiger partial charge in [-0.05, 0) is 36.4 Å². The Hall–Kier alpha value is -1.85. The van der Waals surface area contributed by atoms with Crippen LogP contribution in [0.2, 0.25) is 0 Å². The van der Waals surface area contributed by atoms with Gasteiger partial charge in [-0.15, -0.1) is 11.3 Å². The SMILES string of the molecule is CC(O)(CNC(=O)CCc1ccccc1O)c1cccs1. The van der Waals surface area contributed by atoms with Crippen molar-refractivity contribution in [3.8, 4) is 5.75 Å². The molecule has 1 heterocycles. The maximum atomic E-state index is 11.8. The van der Waals surface area contributed by atoms with Gasteiger partial charge in [-0.1, -0.05) is 24.3 Å². The molecule has 2 rings (SSSR count). The van der Waals surface area contributed by atoms with E-state index in [1.54, 1.807) is 25.1 Å². The molecule has 0 fully saturated rings. The zero-order valence-electron chi connectivity index (χ0n) is 11.9. The highest BCUT2D eigenvalue weighted by Gasteiger charge is 2.24. The molecule has 5 heteroatoms. The van der Waals surface area contributed by atoms with E-state index in [4.69, 9.17) is 0 Å². The molecule has 112 valence electrons. The van der Waals surface area contributed by atoms with E-state index >= 15 is 0 Å². The average molecular weight is 305 g/mol. The van der Waals surface area contributed by atoms with Gasteiger partial charge in [0.05, 0.1) is 6.54 Å². The molecule has 2 aromatic rings. The molecule has 0 aliphatic rings. The predicted octanol–water partition coefficient (Wildman–Crippen LogP) is 2.41. The van der Waals surface area contributed by atoms with Crippen LogP contribution in [-0.2, 0) is 16.8 Å². The third kappa shape index (κ3) is 4.31. The molecule has 1 aromatic carbocycles. The number of nitrogens with one attached hydrogen (secondary N) is 1. The summed E-state index contributed by atoms with van der Waals surface area (Å²) in [6.07, 6.45) is 0.748. The number of amides is 1. The molecule has 0 bridgehead atoms. The molecule has 1 unspecified atom stereocenters. The van der Waals surface area contributed by atoms with Gasteiger partial charge in [-0.25, -0.2) is 0 Å². The number of aromatic hydroxyl groups is 1. The van der Waals surface area contributed by atoms with Gasteiger partial charge in [0.2, 0.25) is 5.91 Å². The number of phenols is 1. The number of hydrogen-bond donors (Lipinski definition) is 3. The van der Waals surface area contributed by atoms with E-state index in [0.717, 1.165) is 10.4 Å². The summed E-state index contributed by atoms with van der Waals surface area (Å²) in [5, 5.41) is 24.6. The first-order valence-electron chi connectivity index (χ1n) is 6.79. The summed E-state index contributed by atoms with van der Waals surface area (Å²) in [6.45, 7) is 1.86. The number of rotatable bonds is 6. The van der Waals surface area contributed by atoms with Crippen LogP contribution in [0.4, 0.5) is 0 Å². The average Bonchev–Trinajstić information content (AvgIpc) is 2.99. The van der Waals surface area contributed by atoms with E-state index < -0.39 is 5.60 Å². The zero-order chi connectivity index (χ0) is 15.3. The highest BCUT2D eigenvalue weighted by atomic mass is 32.1. The van der Waals surface area contributed by atoms with Crippen LogP contribution < -0.4 is 5.32 Å². The largest absolute Gasteiger partial charge is 0.508 e. The summed E-state index contributed by atoms with van der Waals surface area (Å²) >= 11 is 1.46. The summed E-state index contributed by atoms with van der Waals surface area (Å²) in [6, 6.07) is 10.7. The number of hydrogen-bond acceptors (Lipinski definition) is 4. The Bertz CT molecular complexity index is 593. The number of phenolic OH excluding ortho intramolecular Hbond substituents is 1. The highest BCUT2D eigenvalue weighted by molar-refractivity contribution is 7.10. The Labute approximate surface area is 128 Å². The molecule has 0 radical (unpaired) electrons. The fourth-order valence-electron chi connectivity index (χ4n) is 2.00. The second-order valence-corrected chi connectivity index (χ2v) is 6.10. The second-order valence-electron chi connectivity index (χ2n) is 5.16. The summed E-state index contributed by atoms with van der Waals surface area (Å²) in [7, 11) is 0. The van der Waals surface area contributed by atoms with Gasteiger partial charge in [0.1, 0.15) is 11.4 Å². The maximum absolute atomic E-state index is 11.8. The molecule has 0 saturated carbocycles. The van der Waals surface area contributed by atoms with Crippen molar-refractivity contribution >= 4 is 17.2 Å². The van der Waals surface area contributed by atoms with Crippen LogP contribution in [0.5, 0.6) is 5.75 Å². The molecule has 1 atom stereocenters. The first-order valence-corrected chi connectivity index (χ1v) is 7.67. The molecule has 1 aromatic heterocycles. The third-order valence-electron chi connectivity index (χ3n) is 3.29. The van der Waals surface area contributed by atoms with Crippen LogP contribution in [0, 0.1) is 0 Å². The Morgan fingerprint density at radius 3 is 2.71 bits per heavy atom. The van der Waals surface area contributed by atoms with Gasteiger partial charge in [-0.3, -0.25) is 4.79 Å². The van der Waals surface area contributed by atoms with Gasteiger partial charge in [0.25, 0.3) is 0 Å². The normalized spacial score (nSPS) is 13.6. The molecule has 0 aliphatic carbocycles. The number of aryl methyl sites for hydroxylation is 1. The number of carbonyl (C=O) groups excluding carboxylic acids is 1. The van der Waals surface area contributed by atoms with Gasteiger partial charge < -0.3 is 15.5 Å². The number of thiophene rings is 1. The van der Waals surface area contributed by atoms with Gasteiger partial charge in [-0.2, -0.15) is 0 Å². The molecule has 3 N–H and O–H groups in total. The van der Waals surface area contributed by atoms with Gasteiger partial charge in [0.15, 0.2) is 0 Å². The van der Waals surface area contributed by atoms with Gasteiger partial charge in [0, 0.05) is 11.3 Å². The van der Waals surface area contributed by atoms with Crippen LogP contribution in [0.1, 0.15) is 23.8 Å². The fourth-order valence-corrected chi connectivity index (χ4v) is 2.79. The summed E-state index contributed by atoms with van der Waals surface area (Å²) < 4.78 is 0. The Morgan fingerprint density at radius 1 is 1.29 bits per heavy atom. The van der Waals surface area contributed by atoms with Crippen molar-refractivity contribution in [1.82, 2.24) is 5.32 Å². The minimum atomic E-state index is -1.06. The van der Waals surface area contributed by atoms with Crippen LogP contribution in [0.15, 0.2) is 41.8 Å². The molecule has 0 saturated heterocycles. The number of para-hydroxylation sites is 1. The summed E-state index contributed by atoms with van der Waals surface area (Å²) in [5.41, 5.74) is -0.309. The lowest BCUT2D eigenvalue weighted by atomic mass is 10.0. The lowest BCUT2D eigenvalue weighted by Crippen LogP contribution is -2.38. The van der Waals surface area contributed by atoms with Crippen molar-refractivity contribution in [3.63, 3.8) is 0 Å². The van der Waals surface area contributed by atoms with Crippen molar-refractivity contribution in [2.24, 2.45) is 0 Å². The molecular weight excluding hydrogens is 286 g/mol. The minimum absolute atomic E-state index is 0.143. The Morgan fingerprint density at radius 2 is 2.05 bits per heavy atom. The highest BCUT2D eigenvalue weighted by Crippen LogP contribution is 2.24. The van der Waals surface area contributed by atoms with E-state index in [2.05, 4.69) is 5.32 Å². The van der Waals surface area contributed by atoms with Crippen molar-refractivity contribution in [3.05, 3.63) is 52.2 Å². The van der Waals surface area contributed by atoms with Crippen molar-refractivity contribution in [2.45, 2.75) is 25.4 Å². The van der Waals surface area contributed by atoms with Crippen LogP contribution >= 0.6 is 11.3 Å².